The lowest BCUT2D eigenvalue weighted by Gasteiger charge is -2.13. The molecule has 0 radical (unpaired) electrons. The van der Waals surface area contributed by atoms with Gasteiger partial charge < -0.3 is 13.7 Å². The van der Waals surface area contributed by atoms with Crippen molar-refractivity contribution in [2.24, 2.45) is 0 Å². The first kappa shape index (κ1) is 30.7. The van der Waals surface area contributed by atoms with Gasteiger partial charge in [-0.3, -0.25) is 0 Å². The number of para-hydroxylation sites is 3. The fraction of sp³-hybridized carbons (Fsp3) is 0. The highest BCUT2D eigenvalue weighted by molar-refractivity contribution is 6.19. The number of nitriles is 2. The lowest BCUT2D eigenvalue weighted by molar-refractivity contribution is 1.17. The van der Waals surface area contributed by atoms with E-state index in [0.717, 1.165) is 82.8 Å². The monoisotopic (exact) mass is 699 g/mol. The number of hydrogen-bond donors (Lipinski definition) is 0. The van der Waals surface area contributed by atoms with Crippen LogP contribution in [-0.2, 0) is 0 Å². The zero-order chi connectivity index (χ0) is 36.6. The van der Waals surface area contributed by atoms with Gasteiger partial charge in [-0.2, -0.15) is 10.5 Å². The molecule has 0 saturated carbocycles. The van der Waals surface area contributed by atoms with Gasteiger partial charge in [0.1, 0.15) is 0 Å². The van der Waals surface area contributed by atoms with Crippen LogP contribution in [0.3, 0.4) is 0 Å². The van der Waals surface area contributed by atoms with E-state index in [4.69, 9.17) is 0 Å². The minimum absolute atomic E-state index is 0.642. The molecule has 11 rings (SSSR count). The van der Waals surface area contributed by atoms with Crippen molar-refractivity contribution in [1.29, 1.82) is 10.5 Å². The smallest absolute Gasteiger partial charge is 0.0991 e. The molecule has 11 aromatic rings. The summed E-state index contributed by atoms with van der Waals surface area (Å²) in [6, 6.07) is 66.2. The summed E-state index contributed by atoms with van der Waals surface area (Å²) >= 11 is 0. The summed E-state index contributed by atoms with van der Waals surface area (Å²) in [6.45, 7) is 0. The lowest BCUT2D eigenvalue weighted by Crippen LogP contribution is -1.96. The van der Waals surface area contributed by atoms with Crippen LogP contribution in [0.1, 0.15) is 11.1 Å². The highest BCUT2D eigenvalue weighted by Gasteiger charge is 2.19. The van der Waals surface area contributed by atoms with Crippen molar-refractivity contribution in [3.8, 4) is 40.3 Å². The van der Waals surface area contributed by atoms with E-state index in [1.165, 1.54) is 10.8 Å². The Bertz CT molecular complexity index is 3450. The number of rotatable bonds is 4. The van der Waals surface area contributed by atoms with E-state index in [9.17, 15) is 10.5 Å². The molecule has 0 aliphatic carbocycles. The Balaban J connectivity index is 1.12. The number of hydrogen-bond acceptors (Lipinski definition) is 2. The van der Waals surface area contributed by atoms with E-state index < -0.39 is 0 Å². The van der Waals surface area contributed by atoms with Crippen LogP contribution in [-0.4, -0.2) is 13.7 Å². The van der Waals surface area contributed by atoms with Gasteiger partial charge in [0.25, 0.3) is 0 Å². The minimum atomic E-state index is 0.642. The quantitative estimate of drug-likeness (QED) is 0.184. The van der Waals surface area contributed by atoms with Crippen LogP contribution in [0, 0.1) is 22.7 Å². The normalized spacial score (nSPS) is 11.6. The maximum atomic E-state index is 9.88. The molecule has 0 aliphatic heterocycles. The first-order valence-electron chi connectivity index (χ1n) is 18.3. The van der Waals surface area contributed by atoms with E-state index in [1.54, 1.807) is 0 Å². The molecule has 0 N–H and O–H groups in total. The van der Waals surface area contributed by atoms with Crippen LogP contribution in [0.5, 0.6) is 0 Å². The number of nitrogens with zero attached hydrogens (tertiary/aromatic N) is 5. The van der Waals surface area contributed by atoms with Crippen molar-refractivity contribution < 1.29 is 0 Å². The number of fused-ring (bicyclic) bond motifs is 9. The molecule has 3 aromatic heterocycles. The third-order valence-electron chi connectivity index (χ3n) is 11.0. The zero-order valence-corrected chi connectivity index (χ0v) is 29.5. The molecule has 3 heterocycles. The molecule has 0 amide bonds. The third-order valence-corrected chi connectivity index (χ3v) is 11.0. The molecular weight excluding hydrogens is 671 g/mol. The lowest BCUT2D eigenvalue weighted by atomic mass is 10.0. The predicted molar refractivity (Wildman–Crippen MR) is 224 cm³/mol. The van der Waals surface area contributed by atoms with Gasteiger partial charge in [0.15, 0.2) is 0 Å². The molecule has 254 valence electrons. The predicted octanol–water partition coefficient (Wildman–Crippen LogP) is 12.4. The van der Waals surface area contributed by atoms with Gasteiger partial charge in [-0.1, -0.05) is 78.9 Å². The van der Waals surface area contributed by atoms with Crippen molar-refractivity contribution in [2.75, 3.05) is 0 Å². The average Bonchev–Trinajstić information content (AvgIpc) is 3.87. The standard InChI is InChI=1S/C50H29N5/c51-30-32-20-22-47-41(24-32)39-16-4-6-18-45(39)54(47)37-14-8-10-34(26-37)35-11-9-15-38(27-35)55-46-19-7-5-17-40(46)43-28-50-44(29-49(43)55)42-25-33(31-52)21-23-48(42)53(50)36-12-2-1-3-13-36/h1-29H. The molecule has 0 aliphatic rings. The molecule has 0 bridgehead atoms. The van der Waals surface area contributed by atoms with Gasteiger partial charge in [-0.05, 0) is 108 Å². The van der Waals surface area contributed by atoms with Crippen LogP contribution in [0.15, 0.2) is 176 Å². The number of benzene rings is 8. The van der Waals surface area contributed by atoms with Gasteiger partial charge in [0.05, 0.1) is 56.4 Å². The third kappa shape index (κ3) is 4.58. The first-order valence-corrected chi connectivity index (χ1v) is 18.3. The van der Waals surface area contributed by atoms with E-state index in [1.807, 2.05) is 30.3 Å². The molecular formula is C50H29N5. The summed E-state index contributed by atoms with van der Waals surface area (Å²) in [5.74, 6) is 0. The van der Waals surface area contributed by atoms with Crippen molar-refractivity contribution in [2.45, 2.75) is 0 Å². The SMILES string of the molecule is N#Cc1ccc2c(c1)c1ccccc1n2-c1cccc(-c2cccc(-n3c4ccccc4c4cc5c(cc43)c3cc(C#N)ccc3n5-c3ccccc3)c2)c1. The van der Waals surface area contributed by atoms with Gasteiger partial charge in [0, 0.05) is 49.4 Å². The second-order valence-corrected chi connectivity index (χ2v) is 14.1. The summed E-state index contributed by atoms with van der Waals surface area (Å²) in [5, 5.41) is 26.2. The zero-order valence-electron chi connectivity index (χ0n) is 29.5. The highest BCUT2D eigenvalue weighted by atomic mass is 15.0. The topological polar surface area (TPSA) is 62.4 Å². The second kappa shape index (κ2) is 11.8. The van der Waals surface area contributed by atoms with Crippen molar-refractivity contribution in [3.63, 3.8) is 0 Å². The summed E-state index contributed by atoms with van der Waals surface area (Å²) in [6.07, 6.45) is 0. The summed E-state index contributed by atoms with van der Waals surface area (Å²) < 4.78 is 6.97. The Kier molecular flexibility index (Phi) is 6.61. The molecule has 5 heteroatoms. The Hall–Kier alpha value is -7.86. The maximum Gasteiger partial charge on any atom is 0.0991 e. The summed E-state index contributed by atoms with van der Waals surface area (Å²) in [7, 11) is 0. The summed E-state index contributed by atoms with van der Waals surface area (Å²) in [4.78, 5) is 0. The Morgan fingerprint density at radius 2 is 0.691 bits per heavy atom. The highest BCUT2D eigenvalue weighted by Crippen LogP contribution is 2.41. The van der Waals surface area contributed by atoms with Crippen LogP contribution in [0.25, 0.3) is 93.6 Å². The maximum absolute atomic E-state index is 9.88. The van der Waals surface area contributed by atoms with Gasteiger partial charge in [-0.25, -0.2) is 0 Å². The van der Waals surface area contributed by atoms with E-state index in [2.05, 4.69) is 171 Å². The molecule has 8 aromatic carbocycles. The van der Waals surface area contributed by atoms with Gasteiger partial charge in [0.2, 0.25) is 0 Å². The fourth-order valence-corrected chi connectivity index (χ4v) is 8.65. The van der Waals surface area contributed by atoms with E-state index in [-0.39, 0.29) is 0 Å². The molecule has 0 spiro atoms. The van der Waals surface area contributed by atoms with Crippen molar-refractivity contribution in [3.05, 3.63) is 187 Å². The van der Waals surface area contributed by atoms with Crippen molar-refractivity contribution in [1.82, 2.24) is 13.7 Å². The van der Waals surface area contributed by atoms with Crippen LogP contribution < -0.4 is 0 Å². The molecule has 0 atom stereocenters. The van der Waals surface area contributed by atoms with Crippen molar-refractivity contribution >= 4 is 65.4 Å². The summed E-state index contributed by atoms with van der Waals surface area (Å²) in [5.41, 5.74) is 13.3. The van der Waals surface area contributed by atoms with Crippen LogP contribution in [0.2, 0.25) is 0 Å². The largest absolute Gasteiger partial charge is 0.309 e. The fourth-order valence-electron chi connectivity index (χ4n) is 8.65. The Morgan fingerprint density at radius 1 is 0.291 bits per heavy atom. The van der Waals surface area contributed by atoms with E-state index >= 15 is 0 Å². The van der Waals surface area contributed by atoms with E-state index in [0.29, 0.717) is 11.1 Å². The van der Waals surface area contributed by atoms with Gasteiger partial charge >= 0.3 is 0 Å². The number of aromatic nitrogens is 3. The van der Waals surface area contributed by atoms with Crippen LogP contribution in [0.4, 0.5) is 0 Å². The Morgan fingerprint density at radius 3 is 1.24 bits per heavy atom. The molecule has 0 fully saturated rings. The first-order chi connectivity index (χ1) is 27.2. The minimum Gasteiger partial charge on any atom is -0.309 e. The van der Waals surface area contributed by atoms with Crippen LogP contribution >= 0.6 is 0 Å². The molecule has 55 heavy (non-hydrogen) atoms. The average molecular weight is 700 g/mol. The second-order valence-electron chi connectivity index (χ2n) is 14.1. The molecule has 5 nitrogen and oxygen atoms in total. The van der Waals surface area contributed by atoms with Gasteiger partial charge in [-0.15, -0.1) is 0 Å². The Labute approximate surface area is 316 Å². The molecule has 0 unspecified atom stereocenters. The molecule has 0 saturated heterocycles.